The number of nitrogens with one attached hydrogen (secondary N) is 1. The second-order valence-corrected chi connectivity index (χ2v) is 5.39. The number of aryl methyl sites for hydroxylation is 1. The van der Waals surface area contributed by atoms with Crippen molar-refractivity contribution < 1.29 is 9.90 Å². The number of hydrogen-bond acceptors (Lipinski definition) is 4. The number of nitrogens with zero attached hydrogens (tertiary/aromatic N) is 2. The van der Waals surface area contributed by atoms with Gasteiger partial charge in [-0.1, -0.05) is 11.6 Å². The largest absolute Gasteiger partial charge is 0.478 e. The molecular formula is C15H14ClN3O2. The number of rotatable bonds is 3. The summed E-state index contributed by atoms with van der Waals surface area (Å²) in [4.78, 5) is 19.6. The van der Waals surface area contributed by atoms with Gasteiger partial charge in [-0.15, -0.1) is 0 Å². The quantitative estimate of drug-likeness (QED) is 0.908. The molecule has 108 valence electrons. The zero-order chi connectivity index (χ0) is 14.8. The second-order valence-electron chi connectivity index (χ2n) is 4.98. The summed E-state index contributed by atoms with van der Waals surface area (Å²) >= 11 is 5.98. The predicted octanol–water partition coefficient (Wildman–Crippen LogP) is 3.45. The fourth-order valence-corrected chi connectivity index (χ4v) is 2.79. The minimum absolute atomic E-state index is 0.0898. The summed E-state index contributed by atoms with van der Waals surface area (Å²) in [6.45, 7) is 0. The zero-order valence-corrected chi connectivity index (χ0v) is 12.0. The Bertz CT molecular complexity index is 703. The highest BCUT2D eigenvalue weighted by atomic mass is 35.5. The van der Waals surface area contributed by atoms with Gasteiger partial charge in [0.2, 0.25) is 0 Å². The molecule has 0 saturated carbocycles. The third-order valence-corrected chi connectivity index (χ3v) is 3.90. The van der Waals surface area contributed by atoms with E-state index in [1.54, 1.807) is 18.5 Å². The molecule has 0 unspecified atom stereocenters. The minimum Gasteiger partial charge on any atom is -0.478 e. The average Bonchev–Trinajstić information content (AvgIpc) is 2.47. The van der Waals surface area contributed by atoms with Crippen molar-refractivity contribution in [3.8, 4) is 0 Å². The van der Waals surface area contributed by atoms with Crippen molar-refractivity contribution in [2.75, 3.05) is 5.32 Å². The van der Waals surface area contributed by atoms with E-state index < -0.39 is 5.97 Å². The van der Waals surface area contributed by atoms with Crippen LogP contribution in [0.2, 0.25) is 5.02 Å². The Morgan fingerprint density at radius 3 is 2.81 bits per heavy atom. The molecule has 0 amide bonds. The lowest BCUT2D eigenvalue weighted by Gasteiger charge is -2.18. The summed E-state index contributed by atoms with van der Waals surface area (Å²) in [6.07, 6.45) is 5.78. The number of benzene rings is 1. The van der Waals surface area contributed by atoms with Gasteiger partial charge in [-0.2, -0.15) is 0 Å². The maximum atomic E-state index is 11.0. The van der Waals surface area contributed by atoms with Gasteiger partial charge in [0.15, 0.2) is 0 Å². The van der Waals surface area contributed by atoms with E-state index in [0.29, 0.717) is 0 Å². The molecule has 1 aromatic heterocycles. The lowest BCUT2D eigenvalue weighted by Crippen LogP contribution is -2.10. The highest BCUT2D eigenvalue weighted by Gasteiger charge is 2.16. The first-order chi connectivity index (χ1) is 10.1. The summed E-state index contributed by atoms with van der Waals surface area (Å²) in [5, 5.41) is 12.4. The monoisotopic (exact) mass is 303 g/mol. The van der Waals surface area contributed by atoms with Crippen LogP contribution in [-0.2, 0) is 12.8 Å². The van der Waals surface area contributed by atoms with Crippen LogP contribution in [0.4, 0.5) is 11.5 Å². The Balaban J connectivity index is 1.91. The zero-order valence-electron chi connectivity index (χ0n) is 11.3. The maximum absolute atomic E-state index is 11.0. The van der Waals surface area contributed by atoms with E-state index in [1.165, 1.54) is 6.07 Å². The number of fused-ring (bicyclic) bond motifs is 1. The van der Waals surface area contributed by atoms with Crippen LogP contribution >= 0.6 is 11.6 Å². The molecule has 5 nitrogen and oxygen atoms in total. The lowest BCUT2D eigenvalue weighted by molar-refractivity contribution is 0.0697. The van der Waals surface area contributed by atoms with Crippen molar-refractivity contribution in [1.29, 1.82) is 0 Å². The van der Waals surface area contributed by atoms with Crippen LogP contribution in [0, 0.1) is 0 Å². The molecule has 0 saturated heterocycles. The van der Waals surface area contributed by atoms with Crippen molar-refractivity contribution >= 4 is 29.1 Å². The number of anilines is 2. The van der Waals surface area contributed by atoms with Gasteiger partial charge in [0, 0.05) is 16.9 Å². The molecule has 0 aliphatic heterocycles. The van der Waals surface area contributed by atoms with E-state index in [-0.39, 0.29) is 10.6 Å². The molecule has 3 rings (SSSR count). The van der Waals surface area contributed by atoms with Gasteiger partial charge in [0.1, 0.15) is 12.1 Å². The normalized spacial score (nSPS) is 13.6. The summed E-state index contributed by atoms with van der Waals surface area (Å²) in [5.74, 6) is -0.259. The predicted molar refractivity (Wildman–Crippen MR) is 80.4 cm³/mol. The van der Waals surface area contributed by atoms with E-state index in [4.69, 9.17) is 16.7 Å². The number of aromatic carboxylic acids is 1. The molecule has 1 aliphatic rings. The fraction of sp³-hybridized carbons (Fsp3) is 0.267. The molecular weight excluding hydrogens is 290 g/mol. The Morgan fingerprint density at radius 1 is 1.24 bits per heavy atom. The Hall–Kier alpha value is -2.14. The van der Waals surface area contributed by atoms with Gasteiger partial charge >= 0.3 is 5.97 Å². The molecule has 1 aromatic carbocycles. The van der Waals surface area contributed by atoms with Gasteiger partial charge in [0.05, 0.1) is 10.6 Å². The van der Waals surface area contributed by atoms with Gasteiger partial charge in [0.25, 0.3) is 0 Å². The van der Waals surface area contributed by atoms with E-state index in [2.05, 4.69) is 15.3 Å². The number of carboxylic acids is 1. The van der Waals surface area contributed by atoms with Gasteiger partial charge in [-0.25, -0.2) is 14.8 Å². The molecule has 0 spiro atoms. The fourth-order valence-electron chi connectivity index (χ4n) is 2.53. The third kappa shape index (κ3) is 2.83. The first kappa shape index (κ1) is 13.8. The highest BCUT2D eigenvalue weighted by molar-refractivity contribution is 6.33. The molecule has 1 aliphatic carbocycles. The SMILES string of the molecule is O=C(O)c1ccc(Nc2ncnc3c2CCCC3)cc1Cl. The maximum Gasteiger partial charge on any atom is 0.337 e. The van der Waals surface area contributed by atoms with Crippen LogP contribution in [-0.4, -0.2) is 21.0 Å². The van der Waals surface area contributed by atoms with Crippen molar-refractivity contribution in [2.45, 2.75) is 25.7 Å². The second kappa shape index (κ2) is 5.69. The summed E-state index contributed by atoms with van der Waals surface area (Å²) in [6, 6.07) is 4.77. The van der Waals surface area contributed by atoms with Crippen LogP contribution in [0.5, 0.6) is 0 Å². The Kier molecular flexibility index (Phi) is 3.75. The van der Waals surface area contributed by atoms with E-state index >= 15 is 0 Å². The highest BCUT2D eigenvalue weighted by Crippen LogP contribution is 2.28. The first-order valence-electron chi connectivity index (χ1n) is 6.78. The van der Waals surface area contributed by atoms with E-state index in [1.807, 2.05) is 0 Å². The van der Waals surface area contributed by atoms with Crippen LogP contribution in [0.25, 0.3) is 0 Å². The molecule has 6 heteroatoms. The lowest BCUT2D eigenvalue weighted by atomic mass is 9.96. The summed E-state index contributed by atoms with van der Waals surface area (Å²) in [5.41, 5.74) is 3.04. The van der Waals surface area contributed by atoms with Crippen LogP contribution in [0.3, 0.4) is 0 Å². The Labute approximate surface area is 127 Å². The van der Waals surface area contributed by atoms with Crippen LogP contribution in [0.15, 0.2) is 24.5 Å². The third-order valence-electron chi connectivity index (χ3n) is 3.59. The van der Waals surface area contributed by atoms with Crippen molar-refractivity contribution in [1.82, 2.24) is 9.97 Å². The number of hydrogen-bond donors (Lipinski definition) is 2. The van der Waals surface area contributed by atoms with Crippen LogP contribution < -0.4 is 5.32 Å². The molecule has 0 bridgehead atoms. The van der Waals surface area contributed by atoms with Crippen molar-refractivity contribution in [3.63, 3.8) is 0 Å². The van der Waals surface area contributed by atoms with Crippen molar-refractivity contribution in [3.05, 3.63) is 46.4 Å². The molecule has 0 fully saturated rings. The molecule has 21 heavy (non-hydrogen) atoms. The van der Waals surface area contributed by atoms with Gasteiger partial charge < -0.3 is 10.4 Å². The topological polar surface area (TPSA) is 75.1 Å². The minimum atomic E-state index is -1.04. The summed E-state index contributed by atoms with van der Waals surface area (Å²) < 4.78 is 0. The van der Waals surface area contributed by atoms with Crippen LogP contribution in [0.1, 0.15) is 34.5 Å². The molecule has 2 N–H and O–H groups in total. The molecule has 2 aromatic rings. The van der Waals surface area contributed by atoms with Gasteiger partial charge in [-0.05, 0) is 43.9 Å². The Morgan fingerprint density at radius 2 is 2.05 bits per heavy atom. The molecule has 0 atom stereocenters. The standard InChI is InChI=1S/C15H14ClN3O2/c16-12-7-9(5-6-10(12)15(20)21)19-14-11-3-1-2-4-13(11)17-8-18-14/h5-8H,1-4H2,(H,20,21)(H,17,18,19). The smallest absolute Gasteiger partial charge is 0.337 e. The molecule has 0 radical (unpaired) electrons. The molecule has 1 heterocycles. The van der Waals surface area contributed by atoms with Crippen molar-refractivity contribution in [2.24, 2.45) is 0 Å². The van der Waals surface area contributed by atoms with Gasteiger partial charge in [-0.3, -0.25) is 0 Å². The van der Waals surface area contributed by atoms with E-state index in [9.17, 15) is 4.79 Å². The number of aromatic nitrogens is 2. The average molecular weight is 304 g/mol. The van der Waals surface area contributed by atoms with E-state index in [0.717, 1.165) is 48.4 Å². The number of carbonyl (C=O) groups is 1. The first-order valence-corrected chi connectivity index (χ1v) is 7.15. The number of halogens is 1. The summed E-state index contributed by atoms with van der Waals surface area (Å²) in [7, 11) is 0. The number of carboxylic acid groups (broad SMARTS) is 1.